The fourth-order valence-electron chi connectivity index (χ4n) is 2.02. The van der Waals surface area contributed by atoms with Crippen molar-refractivity contribution in [2.45, 2.75) is 70.4 Å². The van der Waals surface area contributed by atoms with E-state index in [9.17, 15) is 4.21 Å². The molecule has 1 rings (SSSR count). The van der Waals surface area contributed by atoms with Crippen LogP contribution >= 0.6 is 31.9 Å². The van der Waals surface area contributed by atoms with Gasteiger partial charge in [-0.3, -0.25) is 4.57 Å². The van der Waals surface area contributed by atoms with E-state index in [-0.39, 0.29) is 10.8 Å². The molecule has 1 heterocycles. The highest BCUT2D eigenvalue weighted by atomic mass is 79.9. The second-order valence-electron chi connectivity index (χ2n) is 8.40. The Kier molecular flexibility index (Phi) is 9.42. The molecule has 5 nitrogen and oxygen atoms in total. The van der Waals surface area contributed by atoms with Crippen LogP contribution in [0, 0.1) is 0 Å². The molecule has 0 saturated carbocycles. The van der Waals surface area contributed by atoms with Crippen molar-refractivity contribution >= 4 is 50.9 Å². The molecule has 26 heavy (non-hydrogen) atoms. The summed E-state index contributed by atoms with van der Waals surface area (Å²) in [6, 6.07) is 0.897. The summed E-state index contributed by atoms with van der Waals surface area (Å²) < 4.78 is 24.8. The number of aromatic nitrogens is 2. The van der Waals surface area contributed by atoms with E-state index in [2.05, 4.69) is 67.8 Å². The molecule has 0 amide bonds. The summed E-state index contributed by atoms with van der Waals surface area (Å²) in [5, 5.41) is 0. The van der Waals surface area contributed by atoms with Gasteiger partial charge in [-0.05, 0) is 65.1 Å². The van der Waals surface area contributed by atoms with Gasteiger partial charge in [0.25, 0.3) is 0 Å². The number of nitrogens with one attached hydrogen (secondary N) is 1. The highest BCUT2D eigenvalue weighted by Gasteiger charge is 2.27. The van der Waals surface area contributed by atoms with Crippen molar-refractivity contribution in [1.82, 2.24) is 14.3 Å². The summed E-state index contributed by atoms with van der Waals surface area (Å²) in [7, 11) is -2.34. The fourth-order valence-corrected chi connectivity index (χ4v) is 4.36. The minimum absolute atomic E-state index is 0.212. The average Bonchev–Trinajstić information content (AvgIpc) is 2.77. The van der Waals surface area contributed by atoms with Crippen LogP contribution in [0.25, 0.3) is 0 Å². The molecular weight excluding hydrogens is 498 g/mol. The van der Waals surface area contributed by atoms with Crippen molar-refractivity contribution in [3.05, 3.63) is 27.7 Å². The van der Waals surface area contributed by atoms with Crippen LogP contribution in [0.15, 0.2) is 21.9 Å². The van der Waals surface area contributed by atoms with Crippen LogP contribution in [-0.2, 0) is 22.5 Å². The minimum Gasteiger partial charge on any atom is -0.361 e. The molecule has 0 aliphatic carbocycles. The first-order valence-electron chi connectivity index (χ1n) is 8.65. The van der Waals surface area contributed by atoms with E-state index in [1.807, 2.05) is 31.4 Å². The summed E-state index contributed by atoms with van der Waals surface area (Å²) in [5.41, 5.74) is 0. The van der Waals surface area contributed by atoms with Gasteiger partial charge in [0, 0.05) is 14.7 Å². The molecule has 1 N–H and O–H groups in total. The third-order valence-electron chi connectivity index (χ3n) is 3.63. The minimum atomic E-state index is -1.21. The smallest absolute Gasteiger partial charge is 0.139 e. The number of rotatable bonds is 10. The molecule has 1 aromatic rings. The van der Waals surface area contributed by atoms with E-state index in [0.717, 1.165) is 23.1 Å². The van der Waals surface area contributed by atoms with Crippen LogP contribution in [0.1, 0.15) is 39.1 Å². The summed E-state index contributed by atoms with van der Waals surface area (Å²) in [4.78, 5) is 4.61. The van der Waals surface area contributed by atoms with Gasteiger partial charge < -0.3 is 4.74 Å². The highest BCUT2D eigenvalue weighted by Crippen LogP contribution is 2.29. The standard InChI is InChI=1S/C17H31Br2N3O2SSi/c1-8-9-13(21-25(23)17(2,3)4)16-20-14(18)15(19)22(16)12-24-10-11-26(5,6)7/h8,13,21H,1,9-12H2,2-7H3/t13?,25-/m0/s1. The van der Waals surface area contributed by atoms with Crippen molar-refractivity contribution in [2.24, 2.45) is 0 Å². The van der Waals surface area contributed by atoms with Gasteiger partial charge in [-0.1, -0.05) is 25.7 Å². The first kappa shape index (κ1) is 24.2. The topological polar surface area (TPSA) is 56.2 Å². The normalized spacial score (nSPS) is 15.1. The van der Waals surface area contributed by atoms with Gasteiger partial charge in [0.2, 0.25) is 0 Å². The second-order valence-corrected chi connectivity index (χ2v) is 17.5. The van der Waals surface area contributed by atoms with Gasteiger partial charge in [-0.25, -0.2) is 13.9 Å². The first-order valence-corrected chi connectivity index (χ1v) is 15.1. The number of nitrogens with zero attached hydrogens (tertiary/aromatic N) is 2. The highest BCUT2D eigenvalue weighted by molar-refractivity contribution is 9.13. The van der Waals surface area contributed by atoms with E-state index < -0.39 is 19.1 Å². The van der Waals surface area contributed by atoms with E-state index in [4.69, 9.17) is 4.74 Å². The molecule has 0 bridgehead atoms. The molecule has 0 aliphatic heterocycles. The number of imidazole rings is 1. The third kappa shape index (κ3) is 7.67. The fraction of sp³-hybridized carbons (Fsp3) is 0.706. The molecule has 0 aliphatic rings. The Morgan fingerprint density at radius 2 is 2.00 bits per heavy atom. The molecule has 150 valence electrons. The van der Waals surface area contributed by atoms with Crippen LogP contribution in [0.5, 0.6) is 0 Å². The number of hydrogen-bond acceptors (Lipinski definition) is 3. The maximum Gasteiger partial charge on any atom is 0.139 e. The lowest BCUT2D eigenvalue weighted by atomic mass is 10.2. The zero-order valence-electron chi connectivity index (χ0n) is 16.6. The Balaban J connectivity index is 2.99. The second kappa shape index (κ2) is 10.1. The lowest BCUT2D eigenvalue weighted by Gasteiger charge is -2.24. The number of hydrogen-bond donors (Lipinski definition) is 1. The molecule has 0 aromatic carbocycles. The van der Waals surface area contributed by atoms with Crippen molar-refractivity contribution in [3.63, 3.8) is 0 Å². The van der Waals surface area contributed by atoms with Crippen molar-refractivity contribution in [1.29, 1.82) is 0 Å². The van der Waals surface area contributed by atoms with E-state index in [1.165, 1.54) is 0 Å². The lowest BCUT2D eigenvalue weighted by molar-refractivity contribution is 0.0826. The molecule has 0 spiro atoms. The maximum absolute atomic E-state index is 12.6. The molecule has 1 unspecified atom stereocenters. The van der Waals surface area contributed by atoms with Gasteiger partial charge in [-0.2, -0.15) is 0 Å². The predicted molar refractivity (Wildman–Crippen MR) is 120 cm³/mol. The SMILES string of the molecule is C=CCC(N[S@@](=O)C(C)(C)C)c1nc(Br)c(Br)n1COCC[Si](C)(C)C. The Labute approximate surface area is 178 Å². The van der Waals surface area contributed by atoms with Gasteiger partial charge in [-0.15, -0.1) is 6.58 Å². The maximum atomic E-state index is 12.6. The van der Waals surface area contributed by atoms with E-state index >= 15 is 0 Å². The van der Waals surface area contributed by atoms with Crippen LogP contribution in [0.3, 0.4) is 0 Å². The van der Waals surface area contributed by atoms with Crippen LogP contribution in [0.4, 0.5) is 0 Å². The molecule has 0 radical (unpaired) electrons. The first-order chi connectivity index (χ1) is 11.9. The molecule has 1 aromatic heterocycles. The largest absolute Gasteiger partial charge is 0.361 e. The number of halogens is 2. The Bertz CT molecular complexity index is 639. The van der Waals surface area contributed by atoms with Gasteiger partial charge in [0.05, 0.1) is 21.8 Å². The van der Waals surface area contributed by atoms with Crippen molar-refractivity contribution in [2.75, 3.05) is 6.61 Å². The van der Waals surface area contributed by atoms with E-state index in [1.54, 1.807) is 0 Å². The van der Waals surface area contributed by atoms with E-state index in [0.29, 0.717) is 17.8 Å². The Morgan fingerprint density at radius 1 is 1.38 bits per heavy atom. The number of ether oxygens (including phenoxy) is 1. The van der Waals surface area contributed by atoms with Gasteiger partial charge >= 0.3 is 0 Å². The van der Waals surface area contributed by atoms with Gasteiger partial charge in [0.1, 0.15) is 21.8 Å². The molecular formula is C17H31Br2N3O2SSi. The van der Waals surface area contributed by atoms with Crippen LogP contribution in [0.2, 0.25) is 25.7 Å². The summed E-state index contributed by atoms with van der Waals surface area (Å²) in [6.45, 7) is 17.8. The van der Waals surface area contributed by atoms with Crippen LogP contribution in [-0.4, -0.2) is 33.2 Å². The monoisotopic (exact) mass is 527 g/mol. The predicted octanol–water partition coefficient (Wildman–Crippen LogP) is 5.39. The molecule has 9 heteroatoms. The van der Waals surface area contributed by atoms with Crippen molar-refractivity contribution < 1.29 is 8.95 Å². The van der Waals surface area contributed by atoms with Crippen LogP contribution < -0.4 is 4.72 Å². The average molecular weight is 529 g/mol. The lowest BCUT2D eigenvalue weighted by Crippen LogP contribution is -2.36. The zero-order chi connectivity index (χ0) is 20.1. The van der Waals surface area contributed by atoms with Gasteiger partial charge in [0.15, 0.2) is 0 Å². The quantitative estimate of drug-likeness (QED) is 0.251. The Morgan fingerprint density at radius 3 is 2.50 bits per heavy atom. The third-order valence-corrected chi connectivity index (χ3v) is 8.84. The molecule has 0 fully saturated rings. The zero-order valence-corrected chi connectivity index (χ0v) is 21.6. The molecule has 0 saturated heterocycles. The Hall–Kier alpha value is 0.197. The summed E-state index contributed by atoms with van der Waals surface area (Å²) >= 11 is 7.05. The summed E-state index contributed by atoms with van der Waals surface area (Å²) in [6.07, 6.45) is 2.43. The summed E-state index contributed by atoms with van der Waals surface area (Å²) in [5.74, 6) is 0.772. The van der Waals surface area contributed by atoms with Crippen molar-refractivity contribution in [3.8, 4) is 0 Å². The molecule has 2 atom stereocenters.